The molecule has 0 spiro atoms. The summed E-state index contributed by atoms with van der Waals surface area (Å²) in [5.74, 6) is -6.84. The van der Waals surface area contributed by atoms with Gasteiger partial charge < -0.3 is 66.9 Å². The number of nitrogens with one attached hydrogen (secondary N) is 4. The molecule has 13 amide bonds. The molecule has 6 atom stereocenters. The zero-order valence-electron chi connectivity index (χ0n) is 72.7. The zero-order valence-corrected chi connectivity index (χ0v) is 74.4. The predicted molar refractivity (Wildman–Crippen MR) is 468 cm³/mol. The van der Waals surface area contributed by atoms with Gasteiger partial charge in [0, 0.05) is 131 Å². The van der Waals surface area contributed by atoms with Gasteiger partial charge in [0.2, 0.25) is 35.4 Å². The van der Waals surface area contributed by atoms with E-state index >= 15 is 0 Å². The normalized spacial score (nSPS) is 22.4. The van der Waals surface area contributed by atoms with Crippen LogP contribution in [-0.4, -0.2) is 261 Å². The van der Waals surface area contributed by atoms with E-state index in [4.69, 9.17) is 51.8 Å². The van der Waals surface area contributed by atoms with Crippen molar-refractivity contribution < 1.29 is 120 Å². The molecule has 5 aliphatic heterocycles. The number of thiol groups is 1. The summed E-state index contributed by atoms with van der Waals surface area (Å²) in [6.07, 6.45) is 20.3. The monoisotopic (exact) mass is 1830 g/mol. The number of aliphatic hydroxyl groups excluding tert-OH is 2. The smallest absolute Gasteiger partial charge is 0.336 e. The molecule has 5 heterocycles. The highest BCUT2D eigenvalue weighted by atomic mass is 32.2. The van der Waals surface area contributed by atoms with Gasteiger partial charge in [-0.1, -0.05) is 21.4 Å². The minimum absolute atomic E-state index is 0. The maximum Gasteiger partial charge on any atom is 0.336 e. The van der Waals surface area contributed by atoms with E-state index in [9.17, 15) is 91.1 Å². The van der Waals surface area contributed by atoms with E-state index in [0.29, 0.717) is 127 Å². The summed E-state index contributed by atoms with van der Waals surface area (Å²) in [6.45, 7) is 17.5. The molecule has 10 N–H and O–H groups in total. The average molecular weight is 1840 g/mol. The van der Waals surface area contributed by atoms with Crippen LogP contribution in [0, 0.1) is 99.1 Å². The number of hydroxylamine groups is 2. The van der Waals surface area contributed by atoms with Crippen molar-refractivity contribution in [3.8, 4) is 18.2 Å². The lowest BCUT2D eigenvalue weighted by Gasteiger charge is -2.30. The molecule has 0 aromatic carbocycles. The van der Waals surface area contributed by atoms with Crippen LogP contribution in [0.25, 0.3) is 0 Å². The standard InChI is InChI=1S/C24H34N4O7S.C18H23N3O5.C16H18N2O6.C15H22N2O3.C6H9NO2.C4H9NOS.C2H7NO.2CH4/c1-14(11-25)24(34)35-9-8-26-22(32)18-6-4-17(5-7-18)12-28-21(31)10-20(23(28)33)36-13-19(15(2)29)27-16(3)30;1-12(10-19)18(25)26-9-8-20-17(24)14-4-2-13(3-5-14)11-21-15(22)6-7-16(21)23;19-12-5-6-13(20)17(12)9-10-1-3-11(4-2-10)16(23)24-18-14(21)7-8-15(18)22;1-11-2-7-14(19)17(11)10-12-3-5-13(6-4-12)15(20)16-8-9-18;1-3-9-6(8)5(2)4-7;1-3(6)4(5)2-7;3-1-2-4;;/h14,17-20H,4-10,12-13H2,1-3H3,(H,26,32)(H,27,30);6-7,12-14H,2-5,8-9,11H2,1H3,(H,20,24);5-6,10-11H,1-4,7-9H2;2,7,12-13,18H,1,3-6,8-10H2,(H,16,20);5H,3H2,1-2H3;4,7H,2,5H2,1H3;4H,1-3H2;2*1H4. The van der Waals surface area contributed by atoms with E-state index in [1.807, 2.05) is 0 Å². The molecule has 0 bridgehead atoms. The minimum atomic E-state index is -0.847. The Hall–Kier alpha value is -10.9. The van der Waals surface area contributed by atoms with E-state index < -0.39 is 64.7 Å². The molecule has 128 heavy (non-hydrogen) atoms. The molecule has 9 rings (SSSR count). The number of nitriles is 3. The van der Waals surface area contributed by atoms with Crippen LogP contribution in [0.15, 0.2) is 48.7 Å². The Morgan fingerprint density at radius 3 is 1.17 bits per heavy atom. The number of esters is 3. The first-order valence-electron chi connectivity index (χ1n) is 42.2. The number of ether oxygens (including phenoxy) is 3. The average Bonchev–Trinajstić information content (AvgIpc) is 1.67. The number of Topliss-reactive ketones (excluding diaryl/α,β-unsaturated/α-hetero) is 2. The Morgan fingerprint density at radius 2 is 0.859 bits per heavy atom. The number of ketones is 2. The van der Waals surface area contributed by atoms with Crippen LogP contribution in [0.3, 0.4) is 0 Å². The number of amides is 13. The molecule has 6 fully saturated rings. The summed E-state index contributed by atoms with van der Waals surface area (Å²) in [5.41, 5.74) is 10.7. The number of nitrogens with zero attached hydrogens (tertiary/aromatic N) is 8. The van der Waals surface area contributed by atoms with Crippen molar-refractivity contribution in [2.75, 3.05) is 96.9 Å². The molecule has 39 nitrogen and oxygen atoms in total. The van der Waals surface area contributed by atoms with Crippen molar-refractivity contribution in [3.63, 3.8) is 0 Å². The fraction of sp³-hybridized carbons (Fsp3) is 0.655. The molecule has 0 aromatic rings. The number of likely N-dealkylation sites (tertiary alicyclic amines) is 1. The summed E-state index contributed by atoms with van der Waals surface area (Å²) < 4.78 is 14.4. The number of hydrogen-bond donors (Lipinski definition) is 9. The van der Waals surface area contributed by atoms with Gasteiger partial charge in [-0.05, 0) is 174 Å². The lowest BCUT2D eigenvalue weighted by Crippen LogP contribution is -2.41. The molecular formula is C87H130N14O25S2. The summed E-state index contributed by atoms with van der Waals surface area (Å²) in [7, 11) is 0. The molecule has 0 radical (unpaired) electrons. The number of hydrogen-bond acceptors (Lipinski definition) is 32. The highest BCUT2D eigenvalue weighted by molar-refractivity contribution is 8.00. The van der Waals surface area contributed by atoms with Gasteiger partial charge in [-0.15, -0.1) is 16.8 Å². The molecule has 710 valence electrons. The zero-order chi connectivity index (χ0) is 94.3. The van der Waals surface area contributed by atoms with Gasteiger partial charge in [0.1, 0.15) is 36.8 Å². The number of imide groups is 4. The first-order chi connectivity index (χ1) is 59.8. The van der Waals surface area contributed by atoms with Crippen molar-refractivity contribution in [2.24, 2.45) is 76.6 Å². The van der Waals surface area contributed by atoms with Crippen molar-refractivity contribution in [2.45, 2.75) is 203 Å². The van der Waals surface area contributed by atoms with Crippen LogP contribution in [-0.2, 0) is 110 Å². The highest BCUT2D eigenvalue weighted by Gasteiger charge is 2.43. The number of nitrogens with two attached hydrogens (primary N) is 2. The topological polar surface area (TPSA) is 589 Å². The van der Waals surface area contributed by atoms with Gasteiger partial charge >= 0.3 is 23.9 Å². The van der Waals surface area contributed by atoms with Crippen LogP contribution in [0.5, 0.6) is 0 Å². The largest absolute Gasteiger partial charge is 0.465 e. The van der Waals surface area contributed by atoms with E-state index in [2.05, 4.69) is 45.2 Å². The van der Waals surface area contributed by atoms with Gasteiger partial charge in [-0.3, -0.25) is 101 Å². The third kappa shape index (κ3) is 40.6. The second kappa shape index (κ2) is 61.5. The Bertz CT molecular complexity index is 3980. The van der Waals surface area contributed by atoms with Gasteiger partial charge in [-0.2, -0.15) is 28.4 Å². The minimum Gasteiger partial charge on any atom is -0.465 e. The SMILES string of the molecule is C.C.C=C1C=CC(=O)N1CC1CCC(C(=O)NCCO)CC1.CC(=O)C(N)CS.CC(=O)NC(CSC1CC(=O)N(CC2CCC(C(=O)NCCOC(=O)C(C)C#N)CC2)C1=O)C(C)=O.CC(C#N)C(=O)OCCNC(=O)C1CCC(CN2C(=O)C=CC2=O)CC1.CCOC(=O)C(C)C#N.NCCO.O=C(ON1C(=O)CCC1=O)C1CCC(CN2C(=O)C=CC2=O)CC1. The molecule has 4 aliphatic carbocycles. The number of allylic oxidation sites excluding steroid dienone is 1. The van der Waals surface area contributed by atoms with Gasteiger partial charge in [0.25, 0.3) is 41.4 Å². The molecular weight excluding hydrogens is 1710 g/mol. The Labute approximate surface area is 758 Å². The van der Waals surface area contributed by atoms with Crippen molar-refractivity contribution >= 4 is 137 Å². The Kier molecular flexibility index (Phi) is 55.3. The fourth-order valence-corrected chi connectivity index (χ4v) is 15.5. The number of carbonyl (C=O) groups is 19. The first-order valence-corrected chi connectivity index (χ1v) is 43.9. The van der Waals surface area contributed by atoms with Crippen LogP contribution < -0.4 is 32.7 Å². The third-order valence-electron chi connectivity index (χ3n) is 21.6. The molecule has 6 unspecified atom stereocenters. The van der Waals surface area contributed by atoms with E-state index in [1.54, 1.807) is 42.2 Å². The predicted octanol–water partition coefficient (Wildman–Crippen LogP) is 2.99. The summed E-state index contributed by atoms with van der Waals surface area (Å²) >= 11 is 5.02. The lowest BCUT2D eigenvalue weighted by molar-refractivity contribution is -0.201. The summed E-state index contributed by atoms with van der Waals surface area (Å²) in [6, 6.07) is 4.29. The third-order valence-corrected chi connectivity index (χ3v) is 23.3. The second-order valence-corrected chi connectivity index (χ2v) is 32.9. The van der Waals surface area contributed by atoms with Gasteiger partial charge in [-0.25, -0.2) is 4.79 Å². The molecule has 0 aromatic heterocycles. The van der Waals surface area contributed by atoms with Gasteiger partial charge in [0.15, 0.2) is 5.78 Å². The molecule has 9 aliphatic rings. The lowest BCUT2D eigenvalue weighted by atomic mass is 9.81. The van der Waals surface area contributed by atoms with Crippen molar-refractivity contribution in [3.05, 3.63) is 48.7 Å². The maximum absolute atomic E-state index is 12.8. The first kappa shape index (κ1) is 115. The molecule has 2 saturated heterocycles. The molecule has 41 heteroatoms. The number of carbonyl (C=O) groups excluding carboxylic acids is 19. The van der Waals surface area contributed by atoms with Crippen LogP contribution >= 0.6 is 24.4 Å². The van der Waals surface area contributed by atoms with E-state index in [0.717, 1.165) is 44.2 Å². The van der Waals surface area contributed by atoms with Crippen molar-refractivity contribution in [1.29, 1.82) is 15.8 Å². The van der Waals surface area contributed by atoms with Crippen LogP contribution in [0.1, 0.15) is 185 Å². The maximum atomic E-state index is 12.8. The quantitative estimate of drug-likeness (QED) is 0.0150. The Morgan fingerprint density at radius 1 is 0.516 bits per heavy atom. The van der Waals surface area contributed by atoms with Gasteiger partial charge in [0.05, 0.1) is 74.4 Å². The van der Waals surface area contributed by atoms with E-state index in [1.165, 1.54) is 92.3 Å². The summed E-state index contributed by atoms with van der Waals surface area (Å²) in [4.78, 5) is 232. The number of aliphatic hydroxyl groups is 2. The summed E-state index contributed by atoms with van der Waals surface area (Å²) in [5, 5.41) is 52.7. The number of rotatable bonds is 33. The van der Waals surface area contributed by atoms with Crippen LogP contribution in [0.4, 0.5) is 0 Å². The van der Waals surface area contributed by atoms with Crippen molar-refractivity contribution in [1.82, 2.24) is 45.9 Å². The Balaban J connectivity index is 0.000000801. The van der Waals surface area contributed by atoms with E-state index in [-0.39, 0.29) is 203 Å². The number of thioether (sulfide) groups is 1. The highest BCUT2D eigenvalue weighted by Crippen LogP contribution is 2.36. The fourth-order valence-electron chi connectivity index (χ4n) is 13.9. The van der Waals surface area contributed by atoms with Crippen LogP contribution in [0.2, 0.25) is 0 Å². The molecule has 4 saturated carbocycles. The second-order valence-electron chi connectivity index (χ2n) is 31.3.